The normalized spacial score (nSPS) is 24.0. The van der Waals surface area contributed by atoms with Crippen LogP contribution in [-0.2, 0) is 6.54 Å². The predicted octanol–water partition coefficient (Wildman–Crippen LogP) is 3.61. The number of hydrogen-bond donors (Lipinski definition) is 2. The van der Waals surface area contributed by atoms with Gasteiger partial charge < -0.3 is 15.0 Å². The van der Waals surface area contributed by atoms with Gasteiger partial charge in [-0.25, -0.2) is 14.4 Å². The molecule has 1 fully saturated rings. The molecular formula is C20H19ClFN4O2S. The molecule has 1 saturated carbocycles. The number of ketones is 1. The highest BCUT2D eigenvalue weighted by atomic mass is 35.5. The molecule has 0 unspecified atom stereocenters. The number of carbonyl (C=O) groups excluding carboxylic acids is 1. The second-order valence-electron chi connectivity index (χ2n) is 7.07. The highest BCUT2D eigenvalue weighted by molar-refractivity contribution is 7.16. The molecule has 1 aliphatic carbocycles. The van der Waals surface area contributed by atoms with Crippen LogP contribution in [0.4, 0.5) is 10.2 Å². The van der Waals surface area contributed by atoms with Crippen LogP contribution in [0.2, 0.25) is 4.34 Å². The van der Waals surface area contributed by atoms with E-state index in [1.54, 1.807) is 12.3 Å². The van der Waals surface area contributed by atoms with Crippen molar-refractivity contribution in [3.8, 4) is 0 Å². The summed E-state index contributed by atoms with van der Waals surface area (Å²) < 4.78 is 16.9. The molecule has 1 aliphatic rings. The third kappa shape index (κ3) is 4.19. The maximum atomic E-state index is 14.3. The Bertz CT molecular complexity index is 1020. The van der Waals surface area contributed by atoms with Gasteiger partial charge in [0.05, 0.1) is 28.6 Å². The monoisotopic (exact) mass is 433 g/mol. The lowest BCUT2D eigenvalue weighted by Gasteiger charge is -2.18. The predicted molar refractivity (Wildman–Crippen MR) is 110 cm³/mol. The van der Waals surface area contributed by atoms with Crippen LogP contribution >= 0.6 is 22.9 Å². The number of aliphatic hydroxyl groups is 1. The van der Waals surface area contributed by atoms with Crippen LogP contribution in [0, 0.1) is 12.8 Å². The van der Waals surface area contributed by atoms with Crippen LogP contribution in [0.15, 0.2) is 43.1 Å². The molecule has 151 valence electrons. The number of carbonyl (C=O) groups is 1. The summed E-state index contributed by atoms with van der Waals surface area (Å²) in [4.78, 5) is 22.2. The molecule has 3 aromatic rings. The Morgan fingerprint density at radius 2 is 2.28 bits per heavy atom. The van der Waals surface area contributed by atoms with E-state index in [1.807, 2.05) is 22.9 Å². The minimum absolute atomic E-state index is 0.247. The van der Waals surface area contributed by atoms with Gasteiger partial charge in [0.2, 0.25) is 0 Å². The summed E-state index contributed by atoms with van der Waals surface area (Å²) in [5, 5.41) is 12.8. The van der Waals surface area contributed by atoms with Gasteiger partial charge >= 0.3 is 0 Å². The first-order chi connectivity index (χ1) is 13.9. The smallest absolute Gasteiger partial charge is 0.199 e. The zero-order chi connectivity index (χ0) is 20.5. The number of aliphatic hydroxyl groups excluding tert-OH is 1. The molecule has 1 radical (unpaired) electrons. The van der Waals surface area contributed by atoms with Crippen LogP contribution in [0.1, 0.15) is 27.2 Å². The van der Waals surface area contributed by atoms with Crippen molar-refractivity contribution in [3.63, 3.8) is 0 Å². The molecule has 9 heteroatoms. The molecule has 0 aliphatic heterocycles. The van der Waals surface area contributed by atoms with E-state index in [0.717, 1.165) is 4.88 Å². The number of nitrogens with one attached hydrogen (secondary N) is 1. The van der Waals surface area contributed by atoms with Gasteiger partial charge in [-0.05, 0) is 37.5 Å². The van der Waals surface area contributed by atoms with E-state index in [2.05, 4.69) is 22.2 Å². The van der Waals surface area contributed by atoms with Crippen molar-refractivity contribution >= 4 is 34.5 Å². The lowest BCUT2D eigenvalue weighted by molar-refractivity contribution is 0.0793. The Morgan fingerprint density at radius 3 is 2.97 bits per heavy atom. The van der Waals surface area contributed by atoms with Crippen LogP contribution in [0.5, 0.6) is 0 Å². The van der Waals surface area contributed by atoms with Gasteiger partial charge in [0.15, 0.2) is 5.78 Å². The second kappa shape index (κ2) is 8.22. The molecule has 6 nitrogen and oxygen atoms in total. The van der Waals surface area contributed by atoms with Gasteiger partial charge in [-0.3, -0.25) is 4.79 Å². The summed E-state index contributed by atoms with van der Waals surface area (Å²) >= 11 is 7.45. The third-order valence-electron chi connectivity index (χ3n) is 5.01. The highest BCUT2D eigenvalue weighted by Gasteiger charge is 2.41. The Morgan fingerprint density at radius 1 is 1.45 bits per heavy atom. The largest absolute Gasteiger partial charge is 0.390 e. The van der Waals surface area contributed by atoms with Gasteiger partial charge in [-0.15, -0.1) is 11.3 Å². The highest BCUT2D eigenvalue weighted by Crippen LogP contribution is 2.31. The average molecular weight is 434 g/mol. The molecule has 3 aromatic heterocycles. The molecule has 4 rings (SSSR count). The molecule has 0 bridgehead atoms. The van der Waals surface area contributed by atoms with Crippen molar-refractivity contribution in [2.24, 2.45) is 5.92 Å². The topological polar surface area (TPSA) is 80.0 Å². The Kier molecular flexibility index (Phi) is 5.67. The number of hydrogen-bond acceptors (Lipinski definition) is 6. The first-order valence-electron chi connectivity index (χ1n) is 9.09. The third-order valence-corrected chi connectivity index (χ3v) is 6.23. The standard InChI is InChI=1S/C20H19ClFN4O2S/c1-11-6-15(17(22)18(11)27)25-20-14(7-23-10-24-20)19(28)12-4-5-26(8-12)9-13-2-3-16(21)29-13/h2-5,7-8,10-11,15,17-18,27H,1,6,9H2,(H,23,24,25)/t11-,15-,17-,18-/m1/s1. The van der Waals surface area contributed by atoms with E-state index >= 15 is 0 Å². The first kappa shape index (κ1) is 20.0. The number of anilines is 1. The van der Waals surface area contributed by atoms with E-state index in [-0.39, 0.29) is 17.2 Å². The number of aromatic nitrogens is 3. The van der Waals surface area contributed by atoms with Gasteiger partial charge in [0.25, 0.3) is 0 Å². The summed E-state index contributed by atoms with van der Waals surface area (Å²) in [6.07, 6.45) is 4.01. The van der Waals surface area contributed by atoms with Crippen molar-refractivity contribution < 1.29 is 14.3 Å². The lowest BCUT2D eigenvalue weighted by atomic mass is 10.1. The van der Waals surface area contributed by atoms with E-state index < -0.39 is 24.2 Å². The van der Waals surface area contributed by atoms with Crippen molar-refractivity contribution in [3.05, 3.63) is 70.4 Å². The fourth-order valence-corrected chi connectivity index (χ4v) is 4.56. The number of rotatable bonds is 6. The Hall–Kier alpha value is -2.29. The molecular weight excluding hydrogens is 415 g/mol. The minimum atomic E-state index is -1.48. The van der Waals surface area contributed by atoms with E-state index in [4.69, 9.17) is 11.6 Å². The Labute approximate surface area is 176 Å². The zero-order valence-corrected chi connectivity index (χ0v) is 16.9. The fourth-order valence-electron chi connectivity index (χ4n) is 3.46. The number of halogens is 2. The summed E-state index contributed by atoms with van der Waals surface area (Å²) in [6.45, 7) is 4.37. The molecule has 2 N–H and O–H groups in total. The maximum absolute atomic E-state index is 14.3. The van der Waals surface area contributed by atoms with E-state index in [0.29, 0.717) is 22.9 Å². The van der Waals surface area contributed by atoms with Crippen molar-refractivity contribution in [1.82, 2.24) is 14.5 Å². The minimum Gasteiger partial charge on any atom is -0.390 e. The van der Waals surface area contributed by atoms with Crippen molar-refractivity contribution in [2.75, 3.05) is 5.32 Å². The summed E-state index contributed by atoms with van der Waals surface area (Å²) in [5.41, 5.74) is 0.724. The van der Waals surface area contributed by atoms with Crippen molar-refractivity contribution in [1.29, 1.82) is 0 Å². The summed E-state index contributed by atoms with van der Waals surface area (Å²) in [7, 11) is 0. The second-order valence-corrected chi connectivity index (χ2v) is 8.87. The van der Waals surface area contributed by atoms with Crippen LogP contribution in [0.3, 0.4) is 0 Å². The molecule has 3 heterocycles. The van der Waals surface area contributed by atoms with E-state index in [1.165, 1.54) is 23.9 Å². The Balaban J connectivity index is 1.52. The fraction of sp³-hybridized carbons (Fsp3) is 0.300. The zero-order valence-electron chi connectivity index (χ0n) is 15.3. The molecule has 29 heavy (non-hydrogen) atoms. The number of alkyl halides is 1. The van der Waals surface area contributed by atoms with Crippen molar-refractivity contribution in [2.45, 2.75) is 31.3 Å². The van der Waals surface area contributed by atoms with Gasteiger partial charge in [0.1, 0.15) is 18.3 Å². The molecule has 0 spiro atoms. The number of thiophene rings is 1. The van der Waals surface area contributed by atoms with Crippen LogP contribution < -0.4 is 5.32 Å². The molecule has 0 amide bonds. The summed E-state index contributed by atoms with van der Waals surface area (Å²) in [6, 6.07) is 4.84. The molecule has 0 saturated heterocycles. The maximum Gasteiger partial charge on any atom is 0.199 e. The molecule has 0 aromatic carbocycles. The quantitative estimate of drug-likeness (QED) is 0.580. The van der Waals surface area contributed by atoms with E-state index in [9.17, 15) is 14.3 Å². The average Bonchev–Trinajstić information content (AvgIpc) is 3.40. The van der Waals surface area contributed by atoms with Crippen LogP contribution in [0.25, 0.3) is 0 Å². The first-order valence-corrected chi connectivity index (χ1v) is 10.3. The van der Waals surface area contributed by atoms with Crippen LogP contribution in [-0.4, -0.2) is 43.7 Å². The number of nitrogens with zero attached hydrogens (tertiary/aromatic N) is 3. The summed E-state index contributed by atoms with van der Waals surface area (Å²) in [5.74, 6) is -0.434. The molecule has 4 atom stereocenters. The van der Waals surface area contributed by atoms with Gasteiger partial charge in [-0.1, -0.05) is 11.6 Å². The van der Waals surface area contributed by atoms with Gasteiger partial charge in [0, 0.05) is 29.0 Å². The lowest BCUT2D eigenvalue weighted by Crippen LogP contribution is -2.32. The SMILES string of the molecule is [CH2][C@@H]1C[C@@H](Nc2ncncc2C(=O)c2ccn(Cc3ccc(Cl)s3)c2)[C@@H](F)[C@@H]1O. The van der Waals surface area contributed by atoms with Gasteiger partial charge in [-0.2, -0.15) is 0 Å².